The van der Waals surface area contributed by atoms with E-state index in [0.29, 0.717) is 10.2 Å². The zero-order valence-electron chi connectivity index (χ0n) is 21.7. The predicted octanol–water partition coefficient (Wildman–Crippen LogP) is 1.95. The van der Waals surface area contributed by atoms with Crippen molar-refractivity contribution in [1.29, 1.82) is 0 Å². The van der Waals surface area contributed by atoms with Crippen LogP contribution in [0.5, 0.6) is 5.75 Å². The monoisotopic (exact) mass is 635 g/mol. The van der Waals surface area contributed by atoms with Crippen molar-refractivity contribution in [3.63, 3.8) is 0 Å². The van der Waals surface area contributed by atoms with Gasteiger partial charge in [-0.05, 0) is 0 Å². The Morgan fingerprint density at radius 1 is 1.26 bits per heavy atom. The quantitative estimate of drug-likeness (QED) is 0.236. The molecular weight excluding hydrogens is 606 g/mol. The van der Waals surface area contributed by atoms with Crippen LogP contribution in [0.4, 0.5) is 8.78 Å². The Balaban J connectivity index is 1.52. The van der Waals surface area contributed by atoms with Gasteiger partial charge in [0.2, 0.25) is 0 Å². The molecule has 0 radical (unpaired) electrons. The van der Waals surface area contributed by atoms with Crippen LogP contribution in [0.1, 0.15) is 54.3 Å². The topological polar surface area (TPSA) is 66.9 Å². The number of imidazole rings is 1. The van der Waals surface area contributed by atoms with Crippen LogP contribution in [-0.2, 0) is 15.8 Å². The van der Waals surface area contributed by atoms with Crippen molar-refractivity contribution in [3.05, 3.63) is 56.2 Å². The first-order valence-electron chi connectivity index (χ1n) is 12.5. The first-order chi connectivity index (χ1) is 18.0. The van der Waals surface area contributed by atoms with E-state index in [2.05, 4.69) is 21.5 Å². The molecule has 3 heterocycles. The average Bonchev–Trinajstić information content (AvgIpc) is 3.39. The van der Waals surface area contributed by atoms with Crippen LogP contribution in [0, 0.1) is 10.1 Å². The van der Waals surface area contributed by atoms with Crippen molar-refractivity contribution in [2.45, 2.75) is 68.7 Å². The second kappa shape index (κ2) is 10.2. The molecule has 38 heavy (non-hydrogen) atoms. The molecule has 200 valence electrons. The molecule has 2 aliphatic rings. The van der Waals surface area contributed by atoms with Gasteiger partial charge in [-0.3, -0.25) is 0 Å². The molecule has 7 nitrogen and oxygen atoms in total. The van der Waals surface area contributed by atoms with Gasteiger partial charge in [0.1, 0.15) is 0 Å². The molecule has 1 atom stereocenters. The number of aromatic nitrogens is 2. The van der Waals surface area contributed by atoms with Gasteiger partial charge in [0.05, 0.1) is 0 Å². The minimum absolute atomic E-state index is 0.00226. The first kappa shape index (κ1) is 27.0. The number of benzene rings is 2. The number of fused-ring (bicyclic) bond motifs is 3. The summed E-state index contributed by atoms with van der Waals surface area (Å²) in [6, 6.07) is 10.7. The predicted molar refractivity (Wildman–Crippen MR) is 137 cm³/mol. The van der Waals surface area contributed by atoms with Crippen LogP contribution in [0.15, 0.2) is 36.4 Å². The summed E-state index contributed by atoms with van der Waals surface area (Å²) in [6.07, 6.45) is 2.27. The number of rotatable bonds is 6. The van der Waals surface area contributed by atoms with Gasteiger partial charge in [-0.15, -0.1) is 0 Å². The summed E-state index contributed by atoms with van der Waals surface area (Å²) in [5.74, 6) is 0.281. The molecule has 1 aromatic heterocycles. The van der Waals surface area contributed by atoms with Gasteiger partial charge in [-0.25, -0.2) is 0 Å². The number of carbonyl (C=O) groups excluding carboxylic acids is 1. The van der Waals surface area contributed by atoms with Crippen LogP contribution in [0.25, 0.3) is 15.9 Å². The van der Waals surface area contributed by atoms with Crippen molar-refractivity contribution in [3.8, 4) is 12.3 Å². The van der Waals surface area contributed by atoms with Gasteiger partial charge >= 0.3 is 232 Å². The molecule has 0 bridgehead atoms. The molecule has 0 spiro atoms. The van der Waals surface area contributed by atoms with Crippen LogP contribution < -0.4 is 31.4 Å². The van der Waals surface area contributed by atoms with Gasteiger partial charge in [0.25, 0.3) is 0 Å². The molecule has 0 saturated carbocycles. The summed E-state index contributed by atoms with van der Waals surface area (Å²) in [7, 11) is 0. The van der Waals surface area contributed by atoms with Crippen LogP contribution in [0.2, 0.25) is 6.32 Å². The number of carbonyl (C=O) groups is 1. The molecule has 1 amide bonds. The standard InChI is InChI=1S/C27H29BF2IN3O4/c1-26(2)27(3,4)38-28(13-14-36-26)16-9-10-18-19(15-16)34-21(11-12-22(34)33-18)31-23-17(24(35)32-5)7-6-8-20(23)37-25(29)30/h5-10,15,21,25H,11-14H2,1-4H3. The molecule has 5 rings (SSSR count). The Kier molecular flexibility index (Phi) is 7.26. The summed E-state index contributed by atoms with van der Waals surface area (Å²) >= 11 is -1.01. The number of amides is 1. The Labute approximate surface area is 231 Å². The summed E-state index contributed by atoms with van der Waals surface area (Å²) in [5.41, 5.74) is 2.15. The van der Waals surface area contributed by atoms with Crippen molar-refractivity contribution in [2.24, 2.45) is 0 Å². The fourth-order valence-corrected chi connectivity index (χ4v) is 8.49. The van der Waals surface area contributed by atoms with Gasteiger partial charge in [0.15, 0.2) is 0 Å². The van der Waals surface area contributed by atoms with Gasteiger partial charge in [-0.1, -0.05) is 0 Å². The molecule has 1 fully saturated rings. The molecular formula is C27H29BF2IN3O4. The second-order valence-electron chi connectivity index (χ2n) is 10.4. The molecule has 11 heteroatoms. The Hall–Kier alpha value is -2.56. The number of nitrogens with zero attached hydrogens (tertiary/aromatic N) is 3. The van der Waals surface area contributed by atoms with Crippen molar-refractivity contribution >= 4 is 29.3 Å². The number of ether oxygens (including phenoxy) is 2. The maximum absolute atomic E-state index is 13.2. The Morgan fingerprint density at radius 3 is 2.79 bits per heavy atom. The van der Waals surface area contributed by atoms with E-state index >= 15 is 0 Å². The third-order valence-electron chi connectivity index (χ3n) is 7.54. The van der Waals surface area contributed by atoms with Crippen molar-refractivity contribution in [2.75, 3.05) is 6.61 Å². The normalized spacial score (nSPS) is 20.4. The minimum atomic E-state index is -3.01. The molecule has 1 saturated heterocycles. The van der Waals surface area contributed by atoms with E-state index in [0.717, 1.165) is 41.5 Å². The average molecular weight is 635 g/mol. The first-order valence-corrected chi connectivity index (χ1v) is 14.8. The zero-order valence-corrected chi connectivity index (χ0v) is 23.9. The molecule has 0 N–H and O–H groups in total. The summed E-state index contributed by atoms with van der Waals surface area (Å²) in [5, 5.41) is 0. The molecule has 2 aromatic carbocycles. The summed E-state index contributed by atoms with van der Waals surface area (Å²) < 4.78 is 46.6. The van der Waals surface area contributed by atoms with Gasteiger partial charge < -0.3 is 0 Å². The van der Waals surface area contributed by atoms with Crippen LogP contribution in [0.3, 0.4) is 0 Å². The molecule has 2 aliphatic heterocycles. The second-order valence-corrected chi connectivity index (χ2v) is 13.6. The van der Waals surface area contributed by atoms with Crippen LogP contribution in [-0.4, -0.2) is 46.8 Å². The third kappa shape index (κ3) is 4.94. The van der Waals surface area contributed by atoms with Crippen molar-refractivity contribution < 1.29 is 48.9 Å². The van der Waals surface area contributed by atoms with Gasteiger partial charge in [-0.2, -0.15) is 0 Å². The summed E-state index contributed by atoms with van der Waals surface area (Å²) in [4.78, 5) is 20.6. The number of halogens is 3. The zero-order chi connectivity index (χ0) is 27.2. The fourth-order valence-electron chi connectivity index (χ4n) is 4.89. The fraction of sp³-hybridized carbons (Fsp3) is 0.444. The molecule has 1 unspecified atom stereocenters. The SMILES string of the molecule is C#[N+]C(=O)c1cccc(OC(F)F)c1[I-]C1CCc2nc3ccc(B4CCOC(C)(C)C(C)(C)O4)cc3n21. The van der Waals surface area contributed by atoms with E-state index in [-0.39, 0.29) is 22.3 Å². The number of hydrogen-bond donors (Lipinski definition) is 0. The van der Waals surface area contributed by atoms with E-state index in [1.807, 2.05) is 33.8 Å². The summed E-state index contributed by atoms with van der Waals surface area (Å²) in [6.45, 7) is 10.9. The molecule has 3 aromatic rings. The van der Waals surface area contributed by atoms with E-state index in [4.69, 9.17) is 25.7 Å². The Bertz CT molecular complexity index is 1440. The van der Waals surface area contributed by atoms with E-state index in [1.165, 1.54) is 12.1 Å². The van der Waals surface area contributed by atoms with E-state index < -0.39 is 44.9 Å². The Morgan fingerprint density at radius 2 is 2.05 bits per heavy atom. The van der Waals surface area contributed by atoms with E-state index in [9.17, 15) is 13.6 Å². The maximum atomic E-state index is 13.2. The molecule has 0 aliphatic carbocycles. The van der Waals surface area contributed by atoms with Crippen molar-refractivity contribution in [1.82, 2.24) is 9.55 Å². The van der Waals surface area contributed by atoms with E-state index in [1.54, 1.807) is 6.07 Å². The van der Waals surface area contributed by atoms with Gasteiger partial charge in [0, 0.05) is 0 Å². The number of alkyl halides is 3. The number of aryl methyl sites for hydroxylation is 1. The number of hydrogen-bond acceptors (Lipinski definition) is 5. The third-order valence-corrected chi connectivity index (χ3v) is 11.2. The van der Waals surface area contributed by atoms with Crippen LogP contribution >= 0.6 is 0 Å².